The third-order valence-corrected chi connectivity index (χ3v) is 8.73. The minimum atomic E-state index is -0.753. The quantitative estimate of drug-likeness (QED) is 0.764. The zero-order valence-electron chi connectivity index (χ0n) is 15.6. The molecule has 5 aliphatic carbocycles. The van der Waals surface area contributed by atoms with Crippen molar-refractivity contribution < 1.29 is 15.0 Å². The number of hydrogen-bond acceptors (Lipinski definition) is 3. The molecule has 0 aromatic carbocycles. The highest BCUT2D eigenvalue weighted by molar-refractivity contribution is 5.91. The Kier molecular flexibility index (Phi) is 3.68. The Bertz CT molecular complexity index is 719. The van der Waals surface area contributed by atoms with Crippen molar-refractivity contribution in [3.05, 3.63) is 36.0 Å². The van der Waals surface area contributed by atoms with E-state index in [9.17, 15) is 15.0 Å². The van der Waals surface area contributed by atoms with E-state index in [0.29, 0.717) is 41.9 Å². The summed E-state index contributed by atoms with van der Waals surface area (Å²) in [7, 11) is 0. The molecule has 3 fully saturated rings. The van der Waals surface area contributed by atoms with Crippen LogP contribution in [0.3, 0.4) is 0 Å². The minimum Gasteiger partial charge on any atom is -0.392 e. The first kappa shape index (κ1) is 16.9. The Morgan fingerprint density at radius 2 is 2.15 bits per heavy atom. The predicted molar refractivity (Wildman–Crippen MR) is 100 cm³/mol. The van der Waals surface area contributed by atoms with Gasteiger partial charge >= 0.3 is 0 Å². The number of rotatable bonds is 3. The van der Waals surface area contributed by atoms with Crippen LogP contribution in [0.2, 0.25) is 0 Å². The Labute approximate surface area is 155 Å². The molecule has 3 heteroatoms. The number of fused-ring (bicyclic) bond motifs is 7. The molecule has 0 saturated heterocycles. The van der Waals surface area contributed by atoms with Gasteiger partial charge in [0, 0.05) is 11.8 Å². The summed E-state index contributed by atoms with van der Waals surface area (Å²) in [4.78, 5) is 11.8. The molecule has 0 radical (unpaired) electrons. The van der Waals surface area contributed by atoms with Crippen LogP contribution in [-0.2, 0) is 4.79 Å². The molecule has 3 saturated carbocycles. The number of aliphatic hydroxyl groups excluding tert-OH is 1. The van der Waals surface area contributed by atoms with Crippen molar-refractivity contribution in [3.63, 3.8) is 0 Å². The van der Waals surface area contributed by atoms with Crippen LogP contribution in [0.1, 0.15) is 45.4 Å². The number of aliphatic hydroxyl groups is 2. The van der Waals surface area contributed by atoms with E-state index >= 15 is 0 Å². The van der Waals surface area contributed by atoms with Gasteiger partial charge in [-0.1, -0.05) is 31.2 Å². The second kappa shape index (κ2) is 5.65. The van der Waals surface area contributed by atoms with Crippen LogP contribution in [0.15, 0.2) is 36.0 Å². The van der Waals surface area contributed by atoms with E-state index in [1.54, 1.807) is 6.08 Å². The van der Waals surface area contributed by atoms with Gasteiger partial charge in [0.2, 0.25) is 0 Å². The summed E-state index contributed by atoms with van der Waals surface area (Å²) in [6, 6.07) is 0. The van der Waals surface area contributed by atoms with Crippen LogP contribution in [0.25, 0.3) is 0 Å². The van der Waals surface area contributed by atoms with Gasteiger partial charge in [-0.05, 0) is 79.3 Å². The average Bonchev–Trinajstić information content (AvgIpc) is 3.41. The zero-order valence-corrected chi connectivity index (χ0v) is 15.6. The molecule has 0 spiro atoms. The molecule has 5 aliphatic rings. The topological polar surface area (TPSA) is 57.5 Å². The highest BCUT2D eigenvalue weighted by Crippen LogP contribution is 2.76. The largest absolute Gasteiger partial charge is 0.392 e. The van der Waals surface area contributed by atoms with Crippen molar-refractivity contribution in [3.8, 4) is 0 Å². The lowest BCUT2D eigenvalue weighted by atomic mass is 9.49. The van der Waals surface area contributed by atoms with E-state index in [4.69, 9.17) is 0 Å². The maximum absolute atomic E-state index is 11.8. The Hall–Kier alpha value is -1.19. The third kappa shape index (κ3) is 1.99. The maximum atomic E-state index is 11.8. The van der Waals surface area contributed by atoms with Crippen LogP contribution in [0.5, 0.6) is 0 Å². The van der Waals surface area contributed by atoms with Gasteiger partial charge in [0.25, 0.3) is 0 Å². The first-order chi connectivity index (χ1) is 12.6. The Morgan fingerprint density at radius 1 is 1.31 bits per heavy atom. The monoisotopic (exact) mass is 354 g/mol. The zero-order chi connectivity index (χ0) is 18.1. The molecule has 0 amide bonds. The highest BCUT2D eigenvalue weighted by atomic mass is 16.3. The van der Waals surface area contributed by atoms with Crippen LogP contribution in [0, 0.1) is 40.9 Å². The van der Waals surface area contributed by atoms with E-state index < -0.39 is 5.60 Å². The summed E-state index contributed by atoms with van der Waals surface area (Å²) in [5.41, 5.74) is 0.452. The number of carbonyl (C=O) groups is 1. The van der Waals surface area contributed by atoms with Crippen molar-refractivity contribution in [1.29, 1.82) is 0 Å². The number of ketones is 1. The molecule has 0 bridgehead atoms. The van der Waals surface area contributed by atoms with Gasteiger partial charge in [-0.3, -0.25) is 4.79 Å². The molecule has 5 unspecified atom stereocenters. The molecule has 0 aliphatic heterocycles. The van der Waals surface area contributed by atoms with Crippen molar-refractivity contribution in [2.75, 3.05) is 6.61 Å². The molecule has 3 nitrogen and oxygen atoms in total. The van der Waals surface area contributed by atoms with E-state index in [1.807, 2.05) is 12.2 Å². The molecule has 5 rings (SSSR count). The summed E-state index contributed by atoms with van der Waals surface area (Å²) in [5, 5.41) is 21.0. The van der Waals surface area contributed by atoms with Crippen LogP contribution in [-0.4, -0.2) is 28.2 Å². The Morgan fingerprint density at radius 3 is 2.92 bits per heavy atom. The van der Waals surface area contributed by atoms with E-state index in [1.165, 1.54) is 5.57 Å². The van der Waals surface area contributed by atoms with Crippen molar-refractivity contribution in [1.82, 2.24) is 0 Å². The predicted octanol–water partition coefficient (Wildman–Crippen LogP) is 3.43. The Balaban J connectivity index is 1.55. The number of allylic oxidation sites excluding steroid dienone is 4. The van der Waals surface area contributed by atoms with Crippen LogP contribution >= 0.6 is 0 Å². The number of hydrogen-bond donors (Lipinski definition) is 2. The van der Waals surface area contributed by atoms with Gasteiger partial charge in [0.1, 0.15) is 0 Å². The second-order valence-corrected chi connectivity index (χ2v) is 9.35. The highest BCUT2D eigenvalue weighted by Gasteiger charge is 2.75. The summed E-state index contributed by atoms with van der Waals surface area (Å²) in [6.07, 6.45) is 16.2. The normalized spacial score (nSPS) is 51.5. The summed E-state index contributed by atoms with van der Waals surface area (Å²) >= 11 is 0. The van der Waals surface area contributed by atoms with E-state index in [0.717, 1.165) is 32.1 Å². The lowest BCUT2D eigenvalue weighted by Crippen LogP contribution is -2.55. The molecule has 0 aromatic rings. The van der Waals surface area contributed by atoms with Gasteiger partial charge in [-0.2, -0.15) is 0 Å². The number of carbonyl (C=O) groups excluding carboxylic acids is 1. The molecule has 140 valence electrons. The van der Waals surface area contributed by atoms with Gasteiger partial charge in [-0.15, -0.1) is 0 Å². The fourth-order valence-corrected chi connectivity index (χ4v) is 7.70. The first-order valence-corrected chi connectivity index (χ1v) is 10.5. The summed E-state index contributed by atoms with van der Waals surface area (Å²) < 4.78 is 0. The molecular formula is C23H30O3. The van der Waals surface area contributed by atoms with Gasteiger partial charge in [0.05, 0.1) is 12.2 Å². The molecular weight excluding hydrogens is 324 g/mol. The van der Waals surface area contributed by atoms with Crippen LogP contribution in [0.4, 0.5) is 0 Å². The fraction of sp³-hybridized carbons (Fsp3) is 0.696. The third-order valence-electron chi connectivity index (χ3n) is 8.73. The van der Waals surface area contributed by atoms with Crippen molar-refractivity contribution >= 4 is 5.78 Å². The smallest absolute Gasteiger partial charge is 0.155 e. The SMILES string of the molecule is CC[C@]12CCC3C4CCC(=O)C=C4C=CC3C1[C@@H]1C[C@@H]1C2(O)/C=C\CO. The van der Waals surface area contributed by atoms with E-state index in [-0.39, 0.29) is 17.8 Å². The lowest BCUT2D eigenvalue weighted by molar-refractivity contribution is -0.118. The second-order valence-electron chi connectivity index (χ2n) is 9.35. The summed E-state index contributed by atoms with van der Waals surface area (Å²) in [6.45, 7) is 2.24. The maximum Gasteiger partial charge on any atom is 0.155 e. The average molecular weight is 354 g/mol. The minimum absolute atomic E-state index is 0.000368. The van der Waals surface area contributed by atoms with Crippen molar-refractivity contribution in [2.24, 2.45) is 40.9 Å². The van der Waals surface area contributed by atoms with E-state index in [2.05, 4.69) is 19.1 Å². The van der Waals surface area contributed by atoms with Crippen molar-refractivity contribution in [2.45, 2.75) is 51.0 Å². The first-order valence-electron chi connectivity index (χ1n) is 10.5. The van der Waals surface area contributed by atoms with Gasteiger partial charge in [0.15, 0.2) is 5.78 Å². The molecule has 2 N–H and O–H groups in total. The molecule has 8 atom stereocenters. The molecule has 0 heterocycles. The van der Waals surface area contributed by atoms with Gasteiger partial charge in [-0.25, -0.2) is 0 Å². The summed E-state index contributed by atoms with van der Waals surface area (Å²) in [5.74, 6) is 3.52. The standard InChI is InChI=1S/C23H30O3/c1-2-22-10-8-17-16-7-5-15(25)12-14(16)4-6-18(17)21(22)19-13-20(19)23(22,26)9-3-11-24/h3-4,6,9,12,16-21,24,26H,2,5,7-8,10-11,13H2,1H3/b9-3-/t16?,17?,18?,19-,20+,21?,22+,23?/m1/s1. The molecule has 0 aromatic heterocycles. The van der Waals surface area contributed by atoms with Crippen LogP contribution < -0.4 is 0 Å². The molecule has 26 heavy (non-hydrogen) atoms. The fourth-order valence-electron chi connectivity index (χ4n) is 7.70. The lowest BCUT2D eigenvalue weighted by Gasteiger charge is -2.56. The van der Waals surface area contributed by atoms with Gasteiger partial charge < -0.3 is 10.2 Å².